The molecule has 0 fully saturated rings. The van der Waals surface area contributed by atoms with Crippen LogP contribution in [-0.4, -0.2) is 26.2 Å². The van der Waals surface area contributed by atoms with Gasteiger partial charge < -0.3 is 0 Å². The molecule has 0 amide bonds. The minimum absolute atomic E-state index is 0.378. The number of allylic oxidation sites excluding steroid dienone is 5. The zero-order chi connectivity index (χ0) is 5.66. The van der Waals surface area contributed by atoms with Gasteiger partial charge in [-0.2, -0.15) is 0 Å². The second-order valence-corrected chi connectivity index (χ2v) is 4.84. The summed E-state index contributed by atoms with van der Waals surface area (Å²) < 4.78 is 4.63. The van der Waals surface area contributed by atoms with Gasteiger partial charge in [0.25, 0.3) is 0 Å². The molecule has 0 unspecified atom stereocenters. The molecule has 8 heavy (non-hydrogen) atoms. The van der Waals surface area contributed by atoms with E-state index in [1.54, 1.807) is 0 Å². The first kappa shape index (κ1) is 6.09. The molecule has 1 heteroatoms. The quantitative estimate of drug-likeness (QED) is 0.557. The second-order valence-electron chi connectivity index (χ2n) is 1.54. The van der Waals surface area contributed by atoms with E-state index in [-0.39, 0.29) is 22.4 Å². The summed E-state index contributed by atoms with van der Waals surface area (Å²) in [5.41, 5.74) is 0. The van der Waals surface area contributed by atoms with Gasteiger partial charge in [0.05, 0.1) is 0 Å². The Bertz CT molecular complexity index is 105. The number of hydrogen-bond acceptors (Lipinski definition) is 0. The molecule has 0 aliphatic carbocycles. The van der Waals surface area contributed by atoms with E-state index in [9.17, 15) is 0 Å². The van der Waals surface area contributed by atoms with Gasteiger partial charge in [0.15, 0.2) is 0 Å². The van der Waals surface area contributed by atoms with Gasteiger partial charge in [-0.1, -0.05) is 0 Å². The Morgan fingerprint density at radius 1 is 0.750 bits per heavy atom. The van der Waals surface area contributed by atoms with Crippen LogP contribution in [0.1, 0.15) is 0 Å². The van der Waals surface area contributed by atoms with Crippen molar-refractivity contribution >= 4 is 26.2 Å². The van der Waals surface area contributed by atoms with Gasteiger partial charge in [0.1, 0.15) is 0 Å². The molecule has 1 aliphatic heterocycles. The standard InChI is InChI=1S/C7H7.In/c1-3-5-7-6-4-2;/h1-7H;/b3-1?,6-4-,7-5-;. The van der Waals surface area contributed by atoms with E-state index < -0.39 is 0 Å². The molecule has 1 heterocycles. The first-order valence-corrected chi connectivity index (χ1v) is 6.47. The Morgan fingerprint density at radius 3 is 2.50 bits per heavy atom. The van der Waals surface area contributed by atoms with Gasteiger partial charge in [-0.05, 0) is 0 Å². The summed E-state index contributed by atoms with van der Waals surface area (Å²) >= 11 is -0.378. The fourth-order valence-corrected chi connectivity index (χ4v) is 2.34. The van der Waals surface area contributed by atoms with Crippen LogP contribution in [0.2, 0.25) is 0 Å². The van der Waals surface area contributed by atoms with Gasteiger partial charge >= 0.3 is 60.4 Å². The molecule has 0 aromatic carbocycles. The molecular weight excluding hydrogens is 199 g/mol. The summed E-state index contributed by atoms with van der Waals surface area (Å²) in [4.78, 5) is 0. The fourth-order valence-electron chi connectivity index (χ4n) is 0.513. The molecule has 0 N–H and O–H groups in total. The summed E-state index contributed by atoms with van der Waals surface area (Å²) in [6, 6.07) is 0. The molecule has 0 nitrogen and oxygen atoms in total. The van der Waals surface area contributed by atoms with E-state index in [1.165, 1.54) is 0 Å². The van der Waals surface area contributed by atoms with Gasteiger partial charge in [-0.15, -0.1) is 0 Å². The van der Waals surface area contributed by atoms with Crippen molar-refractivity contribution in [2.75, 3.05) is 0 Å². The molecule has 0 spiro atoms. The van der Waals surface area contributed by atoms with Gasteiger partial charge in [-0.25, -0.2) is 0 Å². The molecule has 0 atom stereocenters. The van der Waals surface area contributed by atoms with E-state index in [4.69, 9.17) is 0 Å². The molecule has 0 aromatic heterocycles. The molecule has 0 radical (unpaired) electrons. The molecule has 38 valence electrons. The van der Waals surface area contributed by atoms with Gasteiger partial charge in [-0.3, -0.25) is 0 Å². The Morgan fingerprint density at radius 2 is 1.50 bits per heavy atom. The van der Waals surface area contributed by atoms with Crippen molar-refractivity contribution in [2.45, 2.75) is 0 Å². The summed E-state index contributed by atoms with van der Waals surface area (Å²) in [6.07, 6.45) is 10.5. The van der Waals surface area contributed by atoms with Crippen LogP contribution in [0, 0.1) is 0 Å². The van der Waals surface area contributed by atoms with Crippen LogP contribution in [0.5, 0.6) is 0 Å². The number of rotatable bonds is 0. The van der Waals surface area contributed by atoms with Crippen LogP contribution in [0.15, 0.2) is 34.2 Å². The van der Waals surface area contributed by atoms with E-state index in [2.05, 4.69) is 38.0 Å². The molecule has 1 aliphatic rings. The predicted octanol–water partition coefficient (Wildman–Crippen LogP) is 1.13. The Balaban J connectivity index is 2.67. The van der Waals surface area contributed by atoms with Crippen LogP contribution in [0.3, 0.4) is 0 Å². The van der Waals surface area contributed by atoms with E-state index >= 15 is 0 Å². The third-order valence-corrected chi connectivity index (χ3v) is 3.43. The van der Waals surface area contributed by atoms with Gasteiger partial charge in [0.2, 0.25) is 0 Å². The third-order valence-electron chi connectivity index (χ3n) is 0.889. The van der Waals surface area contributed by atoms with Crippen molar-refractivity contribution in [3.63, 3.8) is 0 Å². The Hall–Kier alpha value is -0.0399. The predicted molar refractivity (Wildman–Crippen MR) is 39.2 cm³/mol. The zero-order valence-corrected chi connectivity index (χ0v) is 7.91. The molecule has 0 bridgehead atoms. The van der Waals surface area contributed by atoms with Crippen molar-refractivity contribution in [1.29, 1.82) is 0 Å². The summed E-state index contributed by atoms with van der Waals surface area (Å²) in [6.45, 7) is 0. The minimum atomic E-state index is -0.378. The van der Waals surface area contributed by atoms with E-state index in [0.717, 1.165) is 0 Å². The van der Waals surface area contributed by atoms with Crippen LogP contribution in [-0.2, 0) is 0 Å². The Kier molecular flexibility index (Phi) is 2.97. The zero-order valence-electron chi connectivity index (χ0n) is 4.62. The molecule has 0 saturated heterocycles. The average Bonchev–Trinajstić information content (AvgIpc) is 1.62. The van der Waals surface area contributed by atoms with Gasteiger partial charge in [0, 0.05) is 0 Å². The third kappa shape index (κ3) is 2.31. The van der Waals surface area contributed by atoms with Crippen molar-refractivity contribution in [2.24, 2.45) is 0 Å². The SMILES string of the molecule is C1=C\C=[CH]/[In]=[CH]\C=C/1. The van der Waals surface area contributed by atoms with Crippen molar-refractivity contribution < 1.29 is 0 Å². The first-order valence-electron chi connectivity index (χ1n) is 2.67. The second kappa shape index (κ2) is 3.90. The maximum atomic E-state index is 2.32. The number of hydrogen-bond donors (Lipinski definition) is 0. The molecule has 0 saturated carbocycles. The van der Waals surface area contributed by atoms with Crippen molar-refractivity contribution in [3.05, 3.63) is 34.2 Å². The van der Waals surface area contributed by atoms with Crippen LogP contribution in [0.4, 0.5) is 0 Å². The van der Waals surface area contributed by atoms with Crippen molar-refractivity contribution in [3.8, 4) is 0 Å². The fraction of sp³-hybridized carbons (Fsp3) is 0. The van der Waals surface area contributed by atoms with Crippen molar-refractivity contribution in [1.82, 2.24) is 0 Å². The normalized spacial score (nSPS) is 30.0. The van der Waals surface area contributed by atoms with Crippen LogP contribution < -0.4 is 0 Å². The summed E-state index contributed by atoms with van der Waals surface area (Å²) in [5.74, 6) is 0. The molecule has 1 rings (SSSR count). The summed E-state index contributed by atoms with van der Waals surface area (Å²) in [5, 5.41) is 0. The van der Waals surface area contributed by atoms with Crippen LogP contribution >= 0.6 is 0 Å². The average molecular weight is 206 g/mol. The summed E-state index contributed by atoms with van der Waals surface area (Å²) in [7, 11) is 0. The molecule has 0 aromatic rings. The van der Waals surface area contributed by atoms with Crippen LogP contribution in [0.25, 0.3) is 0 Å². The van der Waals surface area contributed by atoms with E-state index in [0.29, 0.717) is 0 Å². The first-order chi connectivity index (χ1) is 4.00. The Labute approximate surface area is 60.4 Å². The van der Waals surface area contributed by atoms with E-state index in [1.807, 2.05) is 0 Å². The topological polar surface area (TPSA) is 0 Å². The maximum absolute atomic E-state index is 2.32. The molecular formula is C7H7In. The monoisotopic (exact) mass is 206 g/mol.